The largest absolute Gasteiger partial charge is 0.252 e. The van der Waals surface area contributed by atoms with Gasteiger partial charge in [-0.05, 0) is 6.07 Å². The van der Waals surface area contributed by atoms with Gasteiger partial charge in [-0.25, -0.2) is 9.97 Å². The van der Waals surface area contributed by atoms with Gasteiger partial charge in [0.1, 0.15) is 5.82 Å². The second-order valence-corrected chi connectivity index (χ2v) is 2.58. The van der Waals surface area contributed by atoms with Crippen LogP contribution in [-0.4, -0.2) is 25.0 Å². The summed E-state index contributed by atoms with van der Waals surface area (Å²) in [5.41, 5.74) is 0. The van der Waals surface area contributed by atoms with Gasteiger partial charge in [-0.15, -0.1) is 5.10 Å². The minimum absolute atomic E-state index is 0.768. The van der Waals surface area contributed by atoms with Crippen molar-refractivity contribution in [3.8, 4) is 0 Å². The Bertz CT molecular complexity index is 342. The Labute approximate surface area is 75.5 Å². The van der Waals surface area contributed by atoms with Crippen LogP contribution in [0.3, 0.4) is 0 Å². The van der Waals surface area contributed by atoms with Gasteiger partial charge in [-0.1, -0.05) is 5.21 Å². The highest BCUT2D eigenvalue weighted by Gasteiger charge is 1.95. The molecule has 5 nitrogen and oxygen atoms in total. The molecule has 0 bridgehead atoms. The number of hydrogen-bond acceptors (Lipinski definition) is 4. The van der Waals surface area contributed by atoms with Crippen LogP contribution in [0, 0.1) is 0 Å². The van der Waals surface area contributed by atoms with Gasteiger partial charge in [-0.2, -0.15) is 0 Å². The molecule has 0 atom stereocenters. The van der Waals surface area contributed by atoms with Crippen LogP contribution in [0.25, 0.3) is 0 Å². The van der Waals surface area contributed by atoms with E-state index < -0.39 is 0 Å². The molecule has 0 aliphatic heterocycles. The molecule has 2 aromatic rings. The molecule has 0 saturated heterocycles. The van der Waals surface area contributed by atoms with Crippen LogP contribution in [0.4, 0.5) is 0 Å². The van der Waals surface area contributed by atoms with Crippen molar-refractivity contribution < 1.29 is 0 Å². The second kappa shape index (κ2) is 3.75. The number of rotatable bonds is 3. The first-order chi connectivity index (χ1) is 6.45. The van der Waals surface area contributed by atoms with E-state index in [4.69, 9.17) is 0 Å². The zero-order valence-corrected chi connectivity index (χ0v) is 7.04. The van der Waals surface area contributed by atoms with Crippen LogP contribution < -0.4 is 0 Å². The fourth-order valence-electron chi connectivity index (χ4n) is 1.03. The topological polar surface area (TPSA) is 56.5 Å². The first kappa shape index (κ1) is 7.85. The predicted octanol–water partition coefficient (Wildman–Crippen LogP) is 0.311. The van der Waals surface area contributed by atoms with Crippen LogP contribution >= 0.6 is 0 Å². The second-order valence-electron chi connectivity index (χ2n) is 2.58. The molecule has 66 valence electrons. The summed E-state index contributed by atoms with van der Waals surface area (Å²) >= 11 is 0. The van der Waals surface area contributed by atoms with Crippen LogP contribution in [0.2, 0.25) is 0 Å². The van der Waals surface area contributed by atoms with Crippen molar-refractivity contribution in [2.45, 2.75) is 13.0 Å². The van der Waals surface area contributed by atoms with Crippen molar-refractivity contribution in [1.29, 1.82) is 0 Å². The summed E-state index contributed by atoms with van der Waals surface area (Å²) in [6.45, 7) is 0.768. The summed E-state index contributed by atoms with van der Waals surface area (Å²) in [4.78, 5) is 8.21. The van der Waals surface area contributed by atoms with Crippen molar-refractivity contribution in [1.82, 2.24) is 25.0 Å². The van der Waals surface area contributed by atoms with E-state index in [1.165, 1.54) is 0 Å². The first-order valence-electron chi connectivity index (χ1n) is 4.05. The third-order valence-electron chi connectivity index (χ3n) is 1.66. The third-order valence-corrected chi connectivity index (χ3v) is 1.66. The van der Waals surface area contributed by atoms with Crippen LogP contribution in [0.1, 0.15) is 5.82 Å². The lowest BCUT2D eigenvalue weighted by atomic mass is 10.4. The van der Waals surface area contributed by atoms with Crippen molar-refractivity contribution in [3.05, 3.63) is 36.7 Å². The van der Waals surface area contributed by atoms with E-state index >= 15 is 0 Å². The number of aromatic nitrogens is 5. The van der Waals surface area contributed by atoms with Crippen LogP contribution in [0.15, 0.2) is 30.9 Å². The SMILES string of the molecule is c1cnc(CCn2ccnn2)nc1. The van der Waals surface area contributed by atoms with E-state index in [1.54, 1.807) is 29.3 Å². The molecular formula is C8H9N5. The molecule has 0 aromatic carbocycles. The van der Waals surface area contributed by atoms with E-state index in [2.05, 4.69) is 20.3 Å². The van der Waals surface area contributed by atoms with Gasteiger partial charge in [-0.3, -0.25) is 4.68 Å². The van der Waals surface area contributed by atoms with Gasteiger partial charge in [0.05, 0.1) is 6.20 Å². The van der Waals surface area contributed by atoms with E-state index in [1.807, 2.05) is 6.20 Å². The average Bonchev–Trinajstić information content (AvgIpc) is 2.69. The Morgan fingerprint density at radius 3 is 2.69 bits per heavy atom. The maximum atomic E-state index is 4.11. The summed E-state index contributed by atoms with van der Waals surface area (Å²) in [6.07, 6.45) is 7.74. The fraction of sp³-hybridized carbons (Fsp3) is 0.250. The van der Waals surface area contributed by atoms with E-state index in [-0.39, 0.29) is 0 Å². The summed E-state index contributed by atoms with van der Waals surface area (Å²) in [5, 5.41) is 7.55. The lowest BCUT2D eigenvalue weighted by molar-refractivity contribution is 0.577. The van der Waals surface area contributed by atoms with E-state index in [0.717, 1.165) is 18.8 Å². The zero-order chi connectivity index (χ0) is 8.93. The van der Waals surface area contributed by atoms with E-state index in [0.29, 0.717) is 0 Å². The van der Waals surface area contributed by atoms with Crippen molar-refractivity contribution in [2.75, 3.05) is 0 Å². The van der Waals surface area contributed by atoms with Gasteiger partial charge >= 0.3 is 0 Å². The molecule has 0 aliphatic carbocycles. The molecule has 0 saturated carbocycles. The van der Waals surface area contributed by atoms with Crippen molar-refractivity contribution >= 4 is 0 Å². The molecule has 13 heavy (non-hydrogen) atoms. The normalized spacial score (nSPS) is 10.2. The first-order valence-corrected chi connectivity index (χ1v) is 4.05. The Hall–Kier alpha value is -1.78. The lowest BCUT2D eigenvalue weighted by Gasteiger charge is -1.98. The Balaban J connectivity index is 1.94. The maximum Gasteiger partial charge on any atom is 0.130 e. The Kier molecular flexibility index (Phi) is 2.26. The molecule has 5 heteroatoms. The van der Waals surface area contributed by atoms with Gasteiger partial charge in [0.2, 0.25) is 0 Å². The highest BCUT2D eigenvalue weighted by atomic mass is 15.4. The van der Waals surface area contributed by atoms with Crippen LogP contribution in [-0.2, 0) is 13.0 Å². The Morgan fingerprint density at radius 2 is 2.00 bits per heavy atom. The molecule has 0 amide bonds. The number of aryl methyl sites for hydroxylation is 2. The predicted molar refractivity (Wildman–Crippen MR) is 45.8 cm³/mol. The van der Waals surface area contributed by atoms with Gasteiger partial charge in [0.25, 0.3) is 0 Å². The summed E-state index contributed by atoms with van der Waals surface area (Å²) in [6, 6.07) is 1.80. The molecule has 2 heterocycles. The molecule has 0 radical (unpaired) electrons. The summed E-state index contributed by atoms with van der Waals surface area (Å²) in [7, 11) is 0. The maximum absolute atomic E-state index is 4.11. The van der Waals surface area contributed by atoms with Gasteiger partial charge in [0.15, 0.2) is 0 Å². The molecule has 0 fully saturated rings. The van der Waals surface area contributed by atoms with Gasteiger partial charge in [0, 0.05) is 31.6 Å². The Morgan fingerprint density at radius 1 is 1.15 bits per heavy atom. The van der Waals surface area contributed by atoms with Crippen molar-refractivity contribution in [2.24, 2.45) is 0 Å². The minimum Gasteiger partial charge on any atom is -0.252 e. The molecule has 0 unspecified atom stereocenters. The van der Waals surface area contributed by atoms with Crippen molar-refractivity contribution in [3.63, 3.8) is 0 Å². The molecule has 0 spiro atoms. The number of hydrogen-bond donors (Lipinski definition) is 0. The highest BCUT2D eigenvalue weighted by Crippen LogP contribution is 1.91. The standard InChI is InChI=1S/C8H9N5/c1-3-9-8(10-4-1)2-6-13-7-5-11-12-13/h1,3-5,7H,2,6H2. The molecule has 0 N–H and O–H groups in total. The zero-order valence-electron chi connectivity index (χ0n) is 7.04. The minimum atomic E-state index is 0.768. The summed E-state index contributed by atoms with van der Waals surface area (Å²) in [5.74, 6) is 0.831. The summed E-state index contributed by atoms with van der Waals surface area (Å²) < 4.78 is 1.76. The molecule has 2 aromatic heterocycles. The molecule has 0 aliphatic rings. The lowest BCUT2D eigenvalue weighted by Crippen LogP contribution is -2.04. The number of nitrogens with zero attached hydrogens (tertiary/aromatic N) is 5. The smallest absolute Gasteiger partial charge is 0.130 e. The quantitative estimate of drug-likeness (QED) is 0.673. The van der Waals surface area contributed by atoms with Crippen LogP contribution in [0.5, 0.6) is 0 Å². The third kappa shape index (κ3) is 2.08. The van der Waals surface area contributed by atoms with Gasteiger partial charge < -0.3 is 0 Å². The fourth-order valence-corrected chi connectivity index (χ4v) is 1.03. The molecule has 2 rings (SSSR count). The molecular weight excluding hydrogens is 166 g/mol. The average molecular weight is 175 g/mol. The van der Waals surface area contributed by atoms with E-state index in [9.17, 15) is 0 Å². The monoisotopic (exact) mass is 175 g/mol. The highest BCUT2D eigenvalue weighted by molar-refractivity contribution is 4.88.